The van der Waals surface area contributed by atoms with E-state index in [0.29, 0.717) is 12.0 Å². The molecule has 1 N–H and O–H groups in total. The smallest absolute Gasteiger partial charge is 0.243 e. The van der Waals surface area contributed by atoms with Crippen molar-refractivity contribution < 1.29 is 14.0 Å². The van der Waals surface area contributed by atoms with Gasteiger partial charge in [0.05, 0.1) is 6.42 Å². The van der Waals surface area contributed by atoms with Crippen LogP contribution in [-0.2, 0) is 29.0 Å². The zero-order chi connectivity index (χ0) is 24.5. The maximum atomic E-state index is 14.6. The van der Waals surface area contributed by atoms with E-state index in [9.17, 15) is 14.0 Å². The van der Waals surface area contributed by atoms with Gasteiger partial charge in [0.15, 0.2) is 0 Å². The minimum Gasteiger partial charge on any atom is -0.352 e. The summed E-state index contributed by atoms with van der Waals surface area (Å²) in [6, 6.07) is 23.0. The highest BCUT2D eigenvalue weighted by Crippen LogP contribution is 2.19. The van der Waals surface area contributed by atoms with E-state index in [1.54, 1.807) is 18.2 Å². The molecular weight excluding hydrogens is 427 g/mol. The van der Waals surface area contributed by atoms with Gasteiger partial charge >= 0.3 is 0 Å². The van der Waals surface area contributed by atoms with E-state index in [-0.39, 0.29) is 30.8 Å². The van der Waals surface area contributed by atoms with Crippen molar-refractivity contribution in [1.82, 2.24) is 10.2 Å². The minimum atomic E-state index is -0.770. The molecule has 0 fully saturated rings. The molecule has 0 aromatic heterocycles. The molecule has 4 nitrogen and oxygen atoms in total. The summed E-state index contributed by atoms with van der Waals surface area (Å²) in [5.74, 6) is -0.835. The van der Waals surface area contributed by atoms with Crippen molar-refractivity contribution >= 4 is 11.8 Å². The molecule has 34 heavy (non-hydrogen) atoms. The predicted molar refractivity (Wildman–Crippen MR) is 134 cm³/mol. The lowest BCUT2D eigenvalue weighted by Gasteiger charge is -2.32. The third-order valence-corrected chi connectivity index (χ3v) is 6.01. The number of nitrogens with one attached hydrogen (secondary N) is 1. The zero-order valence-corrected chi connectivity index (χ0v) is 20.1. The van der Waals surface area contributed by atoms with Crippen LogP contribution < -0.4 is 5.32 Å². The fraction of sp³-hybridized carbons (Fsp3) is 0.310. The summed E-state index contributed by atoms with van der Waals surface area (Å²) in [5, 5.41) is 3.03. The summed E-state index contributed by atoms with van der Waals surface area (Å²) in [6.07, 6.45) is 1.25. The number of hydrogen-bond donors (Lipinski definition) is 1. The molecule has 2 atom stereocenters. The van der Waals surface area contributed by atoms with Crippen molar-refractivity contribution in [3.63, 3.8) is 0 Å². The number of carbonyl (C=O) groups is 2. The molecule has 3 aromatic rings. The average molecular weight is 461 g/mol. The molecule has 0 bridgehead atoms. The van der Waals surface area contributed by atoms with Gasteiger partial charge in [0.2, 0.25) is 11.8 Å². The van der Waals surface area contributed by atoms with Gasteiger partial charge < -0.3 is 10.2 Å². The van der Waals surface area contributed by atoms with Crippen molar-refractivity contribution in [2.24, 2.45) is 0 Å². The number of benzene rings is 3. The lowest BCUT2D eigenvalue weighted by atomic mass is 10.0. The van der Waals surface area contributed by atoms with Gasteiger partial charge in [-0.2, -0.15) is 0 Å². The SMILES string of the molecule is CC[C@H](C)NC(=O)[C@H](Cc1ccccc1)N(Cc1ccccc1F)C(=O)Cc1cccc(C)c1. The summed E-state index contributed by atoms with van der Waals surface area (Å²) < 4.78 is 14.6. The number of amides is 2. The molecule has 0 saturated heterocycles. The summed E-state index contributed by atoms with van der Waals surface area (Å²) in [5.41, 5.74) is 3.24. The van der Waals surface area contributed by atoms with Crippen LogP contribution in [0.1, 0.15) is 42.5 Å². The first-order valence-electron chi connectivity index (χ1n) is 11.8. The van der Waals surface area contributed by atoms with Gasteiger partial charge in [0.25, 0.3) is 0 Å². The first kappa shape index (κ1) is 25.2. The van der Waals surface area contributed by atoms with Crippen LogP contribution in [-0.4, -0.2) is 28.8 Å². The standard InChI is InChI=1S/C29H33FN2O2/c1-4-22(3)31-29(34)27(18-23-12-6-5-7-13-23)32(20-25-15-8-9-16-26(25)30)28(33)19-24-14-10-11-21(2)17-24/h5-17,22,27H,4,18-20H2,1-3H3,(H,31,34)/t22-,27-/m0/s1. The molecule has 0 aliphatic carbocycles. The minimum absolute atomic E-state index is 0.0166. The van der Waals surface area contributed by atoms with Gasteiger partial charge in [0.1, 0.15) is 11.9 Å². The largest absolute Gasteiger partial charge is 0.352 e. The lowest BCUT2D eigenvalue weighted by molar-refractivity contribution is -0.141. The number of carbonyl (C=O) groups excluding carboxylic acids is 2. The highest BCUT2D eigenvalue weighted by molar-refractivity contribution is 5.89. The van der Waals surface area contributed by atoms with Gasteiger partial charge in [-0.15, -0.1) is 0 Å². The van der Waals surface area contributed by atoms with Gasteiger partial charge in [-0.3, -0.25) is 9.59 Å². The second-order valence-electron chi connectivity index (χ2n) is 8.80. The topological polar surface area (TPSA) is 49.4 Å². The van der Waals surface area contributed by atoms with E-state index in [0.717, 1.165) is 23.1 Å². The molecule has 5 heteroatoms. The molecule has 178 valence electrons. The van der Waals surface area contributed by atoms with E-state index < -0.39 is 11.9 Å². The molecule has 0 radical (unpaired) electrons. The number of halogens is 1. The fourth-order valence-electron chi connectivity index (χ4n) is 3.90. The Morgan fingerprint density at radius 3 is 2.29 bits per heavy atom. The maximum absolute atomic E-state index is 14.6. The first-order valence-corrected chi connectivity index (χ1v) is 11.8. The van der Waals surface area contributed by atoms with Crippen LogP contribution in [0.25, 0.3) is 0 Å². The fourth-order valence-corrected chi connectivity index (χ4v) is 3.90. The third-order valence-electron chi connectivity index (χ3n) is 6.01. The second-order valence-corrected chi connectivity index (χ2v) is 8.80. The maximum Gasteiger partial charge on any atom is 0.243 e. The Morgan fingerprint density at radius 2 is 1.62 bits per heavy atom. The van der Waals surface area contributed by atoms with Gasteiger partial charge in [0, 0.05) is 24.6 Å². The Hall–Kier alpha value is -3.47. The summed E-state index contributed by atoms with van der Waals surface area (Å²) in [4.78, 5) is 28.6. The summed E-state index contributed by atoms with van der Waals surface area (Å²) >= 11 is 0. The number of rotatable bonds is 10. The molecular formula is C29H33FN2O2. The Morgan fingerprint density at radius 1 is 0.941 bits per heavy atom. The monoisotopic (exact) mass is 460 g/mol. The molecule has 0 spiro atoms. The molecule has 0 aliphatic heterocycles. The highest BCUT2D eigenvalue weighted by atomic mass is 19.1. The van der Waals surface area contributed by atoms with Gasteiger partial charge in [-0.05, 0) is 37.5 Å². The molecule has 2 amide bonds. The van der Waals surface area contributed by atoms with Crippen molar-refractivity contribution in [2.75, 3.05) is 0 Å². The Balaban J connectivity index is 1.98. The van der Waals surface area contributed by atoms with Crippen LogP contribution >= 0.6 is 0 Å². The zero-order valence-electron chi connectivity index (χ0n) is 20.1. The lowest BCUT2D eigenvalue weighted by Crippen LogP contribution is -2.52. The predicted octanol–water partition coefficient (Wildman–Crippen LogP) is 5.23. The van der Waals surface area contributed by atoms with E-state index in [2.05, 4.69) is 5.32 Å². The van der Waals surface area contributed by atoms with Crippen LogP contribution in [0.15, 0.2) is 78.9 Å². The van der Waals surface area contributed by atoms with E-state index in [1.165, 1.54) is 11.0 Å². The number of hydrogen-bond acceptors (Lipinski definition) is 2. The number of aryl methyl sites for hydroxylation is 1. The number of nitrogens with zero attached hydrogens (tertiary/aromatic N) is 1. The van der Waals surface area contributed by atoms with Crippen LogP contribution in [0.4, 0.5) is 4.39 Å². The van der Waals surface area contributed by atoms with Crippen molar-refractivity contribution in [3.8, 4) is 0 Å². The van der Waals surface area contributed by atoms with Gasteiger partial charge in [-0.1, -0.05) is 85.3 Å². The van der Waals surface area contributed by atoms with Crippen molar-refractivity contribution in [1.29, 1.82) is 0 Å². The van der Waals surface area contributed by atoms with Crippen molar-refractivity contribution in [3.05, 3.63) is 107 Å². The van der Waals surface area contributed by atoms with Crippen LogP contribution in [0.2, 0.25) is 0 Å². The van der Waals surface area contributed by atoms with Crippen molar-refractivity contribution in [2.45, 2.75) is 58.7 Å². The van der Waals surface area contributed by atoms with Gasteiger partial charge in [-0.25, -0.2) is 4.39 Å². The molecule has 0 saturated carbocycles. The Kier molecular flexibility index (Phi) is 8.97. The summed E-state index contributed by atoms with van der Waals surface area (Å²) in [7, 11) is 0. The molecule has 3 aromatic carbocycles. The highest BCUT2D eigenvalue weighted by Gasteiger charge is 2.31. The van der Waals surface area contributed by atoms with E-state index >= 15 is 0 Å². The van der Waals surface area contributed by atoms with Crippen LogP contribution in [0.3, 0.4) is 0 Å². The molecule has 0 heterocycles. The van der Waals surface area contributed by atoms with Crippen LogP contribution in [0, 0.1) is 12.7 Å². The Bertz CT molecular complexity index is 1100. The normalized spacial score (nSPS) is 12.6. The second kappa shape index (κ2) is 12.1. The van der Waals surface area contributed by atoms with E-state index in [4.69, 9.17) is 0 Å². The van der Waals surface area contributed by atoms with E-state index in [1.807, 2.05) is 75.4 Å². The average Bonchev–Trinajstić information content (AvgIpc) is 2.82. The molecule has 0 aliphatic rings. The quantitative estimate of drug-likeness (QED) is 0.450. The molecule has 0 unspecified atom stereocenters. The molecule has 3 rings (SSSR count). The third kappa shape index (κ3) is 7.01. The first-order chi connectivity index (χ1) is 16.4. The van der Waals surface area contributed by atoms with Crippen LogP contribution in [0.5, 0.6) is 0 Å². The summed E-state index contributed by atoms with van der Waals surface area (Å²) in [6.45, 7) is 5.93. The Labute approximate surface area is 201 Å².